The fourth-order valence-corrected chi connectivity index (χ4v) is 7.67. The summed E-state index contributed by atoms with van der Waals surface area (Å²) in [5.41, 5.74) is -0.570. The average Bonchev–Trinajstić information content (AvgIpc) is 3.64. The predicted molar refractivity (Wildman–Crippen MR) is 197 cm³/mol. The molecule has 1 saturated carbocycles. The van der Waals surface area contributed by atoms with E-state index in [0.717, 1.165) is 11.1 Å². The molecule has 0 spiro atoms. The van der Waals surface area contributed by atoms with E-state index in [-0.39, 0.29) is 24.4 Å². The zero-order chi connectivity index (χ0) is 39.8. The van der Waals surface area contributed by atoms with Gasteiger partial charge in [-0.25, -0.2) is 19.3 Å². The molecule has 5 unspecified atom stereocenters. The molecule has 3 N–H and O–H groups in total. The van der Waals surface area contributed by atoms with E-state index < -0.39 is 80.6 Å². The molecular weight excluding hydrogens is 717 g/mol. The summed E-state index contributed by atoms with van der Waals surface area (Å²) < 4.78 is 39.6. The molecule has 3 aliphatic rings. The van der Waals surface area contributed by atoms with Gasteiger partial charge in [-0.05, 0) is 68.7 Å². The van der Waals surface area contributed by atoms with Gasteiger partial charge in [0.1, 0.15) is 29.3 Å². The van der Waals surface area contributed by atoms with E-state index in [2.05, 4.69) is 22.2 Å². The molecule has 3 heterocycles. The average molecular weight is 767 g/mol. The summed E-state index contributed by atoms with van der Waals surface area (Å²) in [6, 6.07) is 8.14. The van der Waals surface area contributed by atoms with Crippen LogP contribution in [0.3, 0.4) is 0 Å². The number of nitrogens with one attached hydrogen (secondary N) is 3. The summed E-state index contributed by atoms with van der Waals surface area (Å²) >= 11 is 0. The first-order chi connectivity index (χ1) is 25.1. The largest absolute Gasteiger partial charge is 0.444 e. The third-order valence-corrected chi connectivity index (χ3v) is 11.0. The van der Waals surface area contributed by atoms with Crippen LogP contribution < -0.4 is 15.4 Å². The number of hydrogen-bond donors (Lipinski definition) is 3. The maximum absolute atomic E-state index is 14.4. The molecule has 1 aromatic heterocycles. The number of aromatic nitrogens is 1. The third kappa shape index (κ3) is 9.02. The fraction of sp³-hybridized carbons (Fsp3) is 0.526. The molecular formula is C38H50N6O9S. The van der Waals surface area contributed by atoms with Gasteiger partial charge in [0, 0.05) is 31.6 Å². The molecule has 292 valence electrons. The summed E-state index contributed by atoms with van der Waals surface area (Å²) in [4.78, 5) is 75.5. The van der Waals surface area contributed by atoms with Crippen LogP contribution >= 0.6 is 0 Å². The highest BCUT2D eigenvalue weighted by molar-refractivity contribution is 7.90. The van der Waals surface area contributed by atoms with Crippen molar-refractivity contribution < 1.29 is 41.9 Å². The number of likely N-dealkylation sites (tertiary alicyclic amines) is 1. The van der Waals surface area contributed by atoms with Crippen LogP contribution in [0.25, 0.3) is 0 Å². The number of aryl methyl sites for hydroxylation is 1. The van der Waals surface area contributed by atoms with E-state index in [1.165, 1.54) is 29.3 Å². The highest BCUT2D eigenvalue weighted by atomic mass is 32.2. The number of carbonyl (C=O) groups excluding carboxylic acids is 5. The second-order valence-corrected chi connectivity index (χ2v) is 17.9. The van der Waals surface area contributed by atoms with Gasteiger partial charge in [-0.2, -0.15) is 8.42 Å². The van der Waals surface area contributed by atoms with E-state index >= 15 is 0 Å². The zero-order valence-corrected chi connectivity index (χ0v) is 32.6. The van der Waals surface area contributed by atoms with Crippen molar-refractivity contribution in [2.75, 3.05) is 13.1 Å². The predicted octanol–water partition coefficient (Wildman–Crippen LogP) is 3.36. The Balaban J connectivity index is 1.39. The fourth-order valence-electron chi connectivity index (χ4n) is 6.70. The number of alkyl carbamates (subject to hydrolysis) is 1. The Morgan fingerprint density at radius 2 is 1.72 bits per heavy atom. The number of nitrogens with zero attached hydrogens (tertiary/aromatic N) is 3. The first-order valence-electron chi connectivity index (χ1n) is 17.9. The molecule has 5 rings (SSSR count). The van der Waals surface area contributed by atoms with Gasteiger partial charge in [-0.3, -0.25) is 14.4 Å². The summed E-state index contributed by atoms with van der Waals surface area (Å²) in [6.45, 7) is 16.3. The number of carbonyl (C=O) groups is 5. The number of pyridine rings is 1. The van der Waals surface area contributed by atoms with Gasteiger partial charge < -0.3 is 29.9 Å². The van der Waals surface area contributed by atoms with Crippen LogP contribution in [0.1, 0.15) is 71.1 Å². The summed E-state index contributed by atoms with van der Waals surface area (Å²) in [5.74, 6) is -3.03. The number of amides is 5. The van der Waals surface area contributed by atoms with Gasteiger partial charge in [0.05, 0.1) is 6.54 Å². The van der Waals surface area contributed by atoms with Crippen LogP contribution in [0, 0.1) is 18.3 Å². The molecule has 15 nitrogen and oxygen atoms in total. The minimum Gasteiger partial charge on any atom is -0.444 e. The van der Waals surface area contributed by atoms with Crippen molar-refractivity contribution >= 4 is 39.9 Å². The molecule has 54 heavy (non-hydrogen) atoms. The Hall–Kier alpha value is -4.99. The molecule has 0 bridgehead atoms. The number of benzene rings is 1. The normalized spacial score (nSPS) is 23.0. The first-order valence-corrected chi connectivity index (χ1v) is 19.4. The van der Waals surface area contributed by atoms with Gasteiger partial charge in [-0.1, -0.05) is 57.2 Å². The number of hydrogen-bond acceptors (Lipinski definition) is 10. The standard InChI is InChI=1S/C38H50N6O9S/c1-9-26-19-38(26,33(47)42-54(50,51)29-15-14-23(2)20-39-29)41-31(45)28-18-27(52-35(49)43-17-16-24-12-10-11-13-25(24)21-43)22-44(28)32(46)30(36(3,4)5)40-34(48)53-37(6,7)8/h9-15,20,26-28,30H,1,16-19,21-22H2,2-8H3,(H,40,48)(H,41,45)(H,42,47). The van der Waals surface area contributed by atoms with Crippen molar-refractivity contribution in [2.45, 2.75) is 109 Å². The maximum Gasteiger partial charge on any atom is 0.410 e. The minimum absolute atomic E-state index is 0.0469. The van der Waals surface area contributed by atoms with Gasteiger partial charge in [0.25, 0.3) is 15.9 Å². The lowest BCUT2D eigenvalue weighted by molar-refractivity contribution is -0.143. The van der Waals surface area contributed by atoms with Crippen molar-refractivity contribution in [1.29, 1.82) is 0 Å². The topological polar surface area (TPSA) is 193 Å². The van der Waals surface area contributed by atoms with Crippen LogP contribution in [0.5, 0.6) is 0 Å². The monoisotopic (exact) mass is 766 g/mol. The Labute approximate surface area is 316 Å². The number of fused-ring (bicyclic) bond motifs is 1. The molecule has 16 heteroatoms. The van der Waals surface area contributed by atoms with Gasteiger partial charge in [0.2, 0.25) is 11.8 Å². The minimum atomic E-state index is -4.41. The van der Waals surface area contributed by atoms with Gasteiger partial charge in [0.15, 0.2) is 5.03 Å². The van der Waals surface area contributed by atoms with Gasteiger partial charge in [-0.15, -0.1) is 6.58 Å². The van der Waals surface area contributed by atoms with Crippen molar-refractivity contribution in [2.24, 2.45) is 11.3 Å². The van der Waals surface area contributed by atoms with Crippen LogP contribution in [-0.4, -0.2) is 95.5 Å². The summed E-state index contributed by atoms with van der Waals surface area (Å²) in [5, 5.41) is 4.99. The third-order valence-electron chi connectivity index (χ3n) is 9.72. The molecule has 1 aromatic carbocycles. The van der Waals surface area contributed by atoms with E-state index in [1.54, 1.807) is 53.4 Å². The molecule has 1 saturated heterocycles. The maximum atomic E-state index is 14.4. The lowest BCUT2D eigenvalue weighted by Crippen LogP contribution is -2.60. The lowest BCUT2D eigenvalue weighted by Gasteiger charge is -2.36. The number of sulfonamides is 1. The van der Waals surface area contributed by atoms with Crippen LogP contribution in [0.4, 0.5) is 9.59 Å². The van der Waals surface area contributed by atoms with Crippen LogP contribution in [0.2, 0.25) is 0 Å². The van der Waals surface area contributed by atoms with E-state index in [0.29, 0.717) is 25.1 Å². The van der Waals surface area contributed by atoms with Crippen molar-refractivity contribution in [3.05, 3.63) is 71.9 Å². The molecule has 1 aliphatic carbocycles. The molecule has 2 aliphatic heterocycles. The highest BCUT2D eigenvalue weighted by Gasteiger charge is 2.61. The van der Waals surface area contributed by atoms with Crippen LogP contribution in [0.15, 0.2) is 60.3 Å². The number of rotatable bonds is 9. The molecule has 2 fully saturated rings. The Morgan fingerprint density at radius 3 is 2.31 bits per heavy atom. The van der Waals surface area contributed by atoms with Crippen LogP contribution in [-0.2, 0) is 46.8 Å². The van der Waals surface area contributed by atoms with E-state index in [4.69, 9.17) is 9.47 Å². The quantitative estimate of drug-likeness (QED) is 0.319. The van der Waals surface area contributed by atoms with E-state index in [1.807, 2.05) is 29.0 Å². The highest BCUT2D eigenvalue weighted by Crippen LogP contribution is 2.45. The van der Waals surface area contributed by atoms with Crippen molar-refractivity contribution in [1.82, 2.24) is 30.1 Å². The summed E-state index contributed by atoms with van der Waals surface area (Å²) in [6.07, 6.45) is 0.975. The molecule has 5 atom stereocenters. The van der Waals surface area contributed by atoms with Crippen molar-refractivity contribution in [3.8, 4) is 0 Å². The molecule has 5 amide bonds. The molecule has 2 aromatic rings. The second kappa shape index (κ2) is 15.0. The SMILES string of the molecule is C=CC1CC1(NC(=O)C1CC(OC(=O)N2CCc3ccccc3C2)CN1C(=O)C(NC(=O)OC(C)(C)C)C(C)(C)C)C(=O)NS(=O)(=O)c1ccc(C)cn1. The van der Waals surface area contributed by atoms with Crippen molar-refractivity contribution in [3.63, 3.8) is 0 Å². The Morgan fingerprint density at radius 1 is 1.04 bits per heavy atom. The Kier molecular flexibility index (Phi) is 11.2. The summed E-state index contributed by atoms with van der Waals surface area (Å²) in [7, 11) is -4.41. The molecule has 0 radical (unpaired) electrons. The zero-order valence-electron chi connectivity index (χ0n) is 31.8. The van der Waals surface area contributed by atoms with E-state index in [9.17, 15) is 32.4 Å². The van der Waals surface area contributed by atoms with Gasteiger partial charge >= 0.3 is 12.2 Å². The number of ether oxygens (including phenoxy) is 2. The second-order valence-electron chi connectivity index (χ2n) is 16.2. The first kappa shape index (κ1) is 40.2. The smallest absolute Gasteiger partial charge is 0.410 e. The lowest BCUT2D eigenvalue weighted by atomic mass is 9.85. The Bertz CT molecular complexity index is 1920.